The molecule has 0 atom stereocenters. The van der Waals surface area contributed by atoms with Gasteiger partial charge in [0.1, 0.15) is 5.70 Å². The fourth-order valence-corrected chi connectivity index (χ4v) is 3.19. The maximum Gasteiger partial charge on any atom is 0.280 e. The molecule has 1 N–H and O–H groups in total. The van der Waals surface area contributed by atoms with Crippen molar-refractivity contribution in [2.24, 2.45) is 0 Å². The number of nitro benzene ring substituents is 1. The number of hydrogen-bond acceptors (Lipinski definition) is 7. The number of aromatic nitrogens is 2. The van der Waals surface area contributed by atoms with Crippen molar-refractivity contribution in [1.82, 2.24) is 20.0 Å². The maximum atomic E-state index is 12.8. The number of ether oxygens (including phenoxy) is 2. The van der Waals surface area contributed by atoms with Crippen molar-refractivity contribution in [2.75, 3.05) is 6.79 Å². The molecule has 0 radical (unpaired) electrons. The molecule has 0 aliphatic carbocycles. The van der Waals surface area contributed by atoms with Gasteiger partial charge in [-0.25, -0.2) is 0 Å². The first-order valence-corrected chi connectivity index (χ1v) is 8.81. The van der Waals surface area contributed by atoms with Crippen LogP contribution in [0.15, 0.2) is 30.2 Å². The van der Waals surface area contributed by atoms with Gasteiger partial charge < -0.3 is 14.8 Å². The molecular weight excluding hydrogens is 386 g/mol. The third-order valence-corrected chi connectivity index (χ3v) is 4.65. The van der Waals surface area contributed by atoms with E-state index in [4.69, 9.17) is 21.7 Å². The number of fused-ring (bicyclic) bond motifs is 1. The zero-order valence-corrected chi connectivity index (χ0v) is 15.6. The van der Waals surface area contributed by atoms with Crippen LogP contribution in [0.5, 0.6) is 11.5 Å². The molecule has 2 aliphatic rings. The van der Waals surface area contributed by atoms with E-state index in [1.165, 1.54) is 23.1 Å². The fraction of sp³-hybridized carbons (Fsp3) is 0.235. The van der Waals surface area contributed by atoms with Gasteiger partial charge in [-0.15, -0.1) is 0 Å². The van der Waals surface area contributed by atoms with Crippen LogP contribution in [0.25, 0.3) is 6.08 Å². The second-order valence-corrected chi connectivity index (χ2v) is 6.49. The Morgan fingerprint density at radius 2 is 2.14 bits per heavy atom. The number of rotatable bonds is 5. The molecule has 1 saturated heterocycles. The molecule has 11 heteroatoms. The van der Waals surface area contributed by atoms with Crippen molar-refractivity contribution in [2.45, 2.75) is 20.0 Å². The van der Waals surface area contributed by atoms with Crippen LogP contribution in [0.4, 0.5) is 5.69 Å². The Balaban J connectivity index is 1.63. The van der Waals surface area contributed by atoms with E-state index in [2.05, 4.69) is 10.4 Å². The largest absolute Gasteiger partial charge is 0.454 e. The van der Waals surface area contributed by atoms with Gasteiger partial charge in [-0.3, -0.25) is 24.5 Å². The average molecular weight is 401 g/mol. The highest BCUT2D eigenvalue weighted by molar-refractivity contribution is 7.80. The maximum absolute atomic E-state index is 12.8. The van der Waals surface area contributed by atoms with E-state index in [1.807, 2.05) is 13.1 Å². The Kier molecular flexibility index (Phi) is 4.43. The number of benzene rings is 1. The van der Waals surface area contributed by atoms with E-state index in [1.54, 1.807) is 10.9 Å². The zero-order chi connectivity index (χ0) is 19.8. The predicted octanol–water partition coefficient (Wildman–Crippen LogP) is 1.80. The van der Waals surface area contributed by atoms with Crippen LogP contribution in [-0.4, -0.2) is 37.4 Å². The standard InChI is InChI=1S/C17H15N5O5S/c1-2-20-7-10(6-18-20)8-21-16(23)12(19-17(21)28)3-11-4-14-15(27-9-26-14)5-13(11)22(24)25/h3-7H,2,8-9H2,1H3,(H,19,28)/b12-3+. The number of hydrogen-bond donors (Lipinski definition) is 1. The lowest BCUT2D eigenvalue weighted by atomic mass is 10.1. The van der Waals surface area contributed by atoms with Gasteiger partial charge in [0.25, 0.3) is 11.6 Å². The van der Waals surface area contributed by atoms with Crippen LogP contribution in [0, 0.1) is 10.1 Å². The summed E-state index contributed by atoms with van der Waals surface area (Å²) < 4.78 is 12.2. The molecule has 2 aliphatic heterocycles. The topological polar surface area (TPSA) is 112 Å². The molecule has 0 unspecified atom stereocenters. The summed E-state index contributed by atoms with van der Waals surface area (Å²) in [6.07, 6.45) is 4.90. The molecule has 3 heterocycles. The van der Waals surface area contributed by atoms with Gasteiger partial charge in [-0.2, -0.15) is 5.10 Å². The molecule has 28 heavy (non-hydrogen) atoms. The Hall–Kier alpha value is -3.47. The smallest absolute Gasteiger partial charge is 0.280 e. The molecule has 4 rings (SSSR count). The minimum absolute atomic E-state index is 0.00695. The molecule has 1 aromatic heterocycles. The lowest BCUT2D eigenvalue weighted by molar-refractivity contribution is -0.385. The van der Waals surface area contributed by atoms with E-state index in [-0.39, 0.29) is 41.3 Å². The van der Waals surface area contributed by atoms with Gasteiger partial charge in [0.15, 0.2) is 16.6 Å². The molecule has 1 aromatic carbocycles. The Bertz CT molecular complexity index is 1030. The molecule has 1 fully saturated rings. The van der Waals surface area contributed by atoms with Crippen molar-refractivity contribution in [3.63, 3.8) is 0 Å². The van der Waals surface area contributed by atoms with Crippen LogP contribution >= 0.6 is 12.2 Å². The van der Waals surface area contributed by atoms with E-state index in [9.17, 15) is 14.9 Å². The number of carbonyl (C=O) groups is 1. The SMILES string of the molecule is CCn1cc(CN2C(=O)/C(=C\c3cc4c(cc3[N+](=O)[O-])OCO4)NC2=S)cn1. The second-order valence-electron chi connectivity index (χ2n) is 6.11. The molecule has 2 aromatic rings. The van der Waals surface area contributed by atoms with Crippen molar-refractivity contribution >= 4 is 35.0 Å². The van der Waals surface area contributed by atoms with Crippen molar-refractivity contribution in [1.29, 1.82) is 0 Å². The molecule has 144 valence electrons. The minimum atomic E-state index is -0.539. The second kappa shape index (κ2) is 6.93. The highest BCUT2D eigenvalue weighted by atomic mass is 32.1. The first-order chi connectivity index (χ1) is 13.5. The predicted molar refractivity (Wildman–Crippen MR) is 101 cm³/mol. The summed E-state index contributed by atoms with van der Waals surface area (Å²) in [7, 11) is 0. The first-order valence-electron chi connectivity index (χ1n) is 8.40. The molecule has 10 nitrogen and oxygen atoms in total. The first kappa shape index (κ1) is 17.9. The Labute approximate surface area is 164 Å². The number of thiocarbonyl (C=S) groups is 1. The summed E-state index contributed by atoms with van der Waals surface area (Å²) in [6, 6.07) is 2.75. The van der Waals surface area contributed by atoms with E-state index in [0.717, 1.165) is 12.1 Å². The summed E-state index contributed by atoms with van der Waals surface area (Å²) in [5.74, 6) is 0.306. The number of aryl methyl sites for hydroxylation is 1. The van der Waals surface area contributed by atoms with Gasteiger partial charge in [-0.05, 0) is 31.3 Å². The molecule has 0 spiro atoms. The van der Waals surface area contributed by atoms with Crippen LogP contribution in [-0.2, 0) is 17.9 Å². The summed E-state index contributed by atoms with van der Waals surface area (Å²) >= 11 is 5.26. The normalized spacial score (nSPS) is 16.8. The van der Waals surface area contributed by atoms with Crippen LogP contribution in [0.2, 0.25) is 0 Å². The van der Waals surface area contributed by atoms with Gasteiger partial charge in [0, 0.05) is 18.3 Å². The number of nitrogens with one attached hydrogen (secondary N) is 1. The van der Waals surface area contributed by atoms with Crippen LogP contribution in [0.3, 0.4) is 0 Å². The molecule has 0 bridgehead atoms. The highest BCUT2D eigenvalue weighted by Crippen LogP contribution is 2.38. The van der Waals surface area contributed by atoms with Crippen molar-refractivity contribution in [3.05, 3.63) is 51.5 Å². The molecule has 0 saturated carbocycles. The summed E-state index contributed by atoms with van der Waals surface area (Å²) in [5, 5.41) is 18.6. The van der Waals surface area contributed by atoms with Crippen molar-refractivity contribution in [3.8, 4) is 11.5 Å². The number of nitrogens with zero attached hydrogens (tertiary/aromatic N) is 4. The van der Waals surface area contributed by atoms with Crippen LogP contribution < -0.4 is 14.8 Å². The van der Waals surface area contributed by atoms with Gasteiger partial charge in [-0.1, -0.05) is 0 Å². The van der Waals surface area contributed by atoms with Gasteiger partial charge in [0.05, 0.1) is 29.3 Å². The Morgan fingerprint density at radius 1 is 1.39 bits per heavy atom. The third-order valence-electron chi connectivity index (χ3n) is 4.33. The van der Waals surface area contributed by atoms with Gasteiger partial charge in [0.2, 0.25) is 6.79 Å². The zero-order valence-electron chi connectivity index (χ0n) is 14.7. The fourth-order valence-electron chi connectivity index (χ4n) is 2.93. The molecular formula is C17H15N5O5S. The quantitative estimate of drug-likeness (QED) is 0.349. The number of nitro groups is 1. The van der Waals surface area contributed by atoms with E-state index >= 15 is 0 Å². The van der Waals surface area contributed by atoms with Crippen molar-refractivity contribution < 1.29 is 19.2 Å². The average Bonchev–Trinajstić information content (AvgIpc) is 3.37. The lowest BCUT2D eigenvalue weighted by Gasteiger charge is -2.12. The van der Waals surface area contributed by atoms with E-state index < -0.39 is 4.92 Å². The highest BCUT2D eigenvalue weighted by Gasteiger charge is 2.32. The summed E-state index contributed by atoms with van der Waals surface area (Å²) in [4.78, 5) is 25.0. The summed E-state index contributed by atoms with van der Waals surface area (Å²) in [6.45, 7) is 2.93. The van der Waals surface area contributed by atoms with Crippen LogP contribution in [0.1, 0.15) is 18.1 Å². The lowest BCUT2D eigenvalue weighted by Crippen LogP contribution is -2.29. The monoisotopic (exact) mass is 401 g/mol. The minimum Gasteiger partial charge on any atom is -0.454 e. The number of amides is 1. The number of carbonyl (C=O) groups excluding carboxylic acids is 1. The summed E-state index contributed by atoms with van der Waals surface area (Å²) in [5.41, 5.74) is 0.998. The Morgan fingerprint density at radius 3 is 2.82 bits per heavy atom. The third kappa shape index (κ3) is 3.16. The van der Waals surface area contributed by atoms with Gasteiger partial charge >= 0.3 is 0 Å². The van der Waals surface area contributed by atoms with E-state index in [0.29, 0.717) is 11.5 Å². The molecule has 1 amide bonds.